The Labute approximate surface area is 785 Å². The van der Waals surface area contributed by atoms with Crippen molar-refractivity contribution in [3.63, 3.8) is 0 Å². The smallest absolute Gasteiger partial charge is 0.305 e. The number of aromatic hydroxyl groups is 1. The van der Waals surface area contributed by atoms with Crippen molar-refractivity contribution in [2.45, 2.75) is 217 Å². The van der Waals surface area contributed by atoms with Gasteiger partial charge in [-0.2, -0.15) is 0 Å². The van der Waals surface area contributed by atoms with E-state index in [-0.39, 0.29) is 82.5 Å². The number of para-hydroxylation sites is 1. The van der Waals surface area contributed by atoms with Crippen molar-refractivity contribution >= 4 is 129 Å². The van der Waals surface area contributed by atoms with Crippen LogP contribution in [0.2, 0.25) is 0 Å². The van der Waals surface area contributed by atoms with Crippen molar-refractivity contribution in [2.75, 3.05) is 37.7 Å². The van der Waals surface area contributed by atoms with Gasteiger partial charge in [-0.3, -0.25) is 86.3 Å². The first-order valence-electron chi connectivity index (χ1n) is 44.9. The molecule has 41 heteroatoms. The molecule has 3 heterocycles. The maximum atomic E-state index is 15.5. The summed E-state index contributed by atoms with van der Waals surface area (Å²) in [6, 6.07) is 14.0. The lowest BCUT2D eigenvalue weighted by Gasteiger charge is -2.32. The zero-order valence-corrected chi connectivity index (χ0v) is 77.5. The first kappa shape index (κ1) is 107. The highest BCUT2D eigenvalue weighted by molar-refractivity contribution is 8.00. The molecule has 14 atom stereocenters. The molecule has 0 aliphatic carbocycles. The van der Waals surface area contributed by atoms with Crippen molar-refractivity contribution < 1.29 is 102 Å². The van der Waals surface area contributed by atoms with Crippen molar-refractivity contribution in [1.82, 2.24) is 84.3 Å². The van der Waals surface area contributed by atoms with Gasteiger partial charge in [-0.15, -0.1) is 11.8 Å². The van der Waals surface area contributed by atoms with E-state index >= 15 is 38.4 Å². The van der Waals surface area contributed by atoms with E-state index in [9.17, 15) is 63.3 Å². The van der Waals surface area contributed by atoms with Crippen LogP contribution in [0.4, 0.5) is 0 Å². The van der Waals surface area contributed by atoms with Gasteiger partial charge in [-0.05, 0) is 120 Å². The number of rotatable bonds is 26. The van der Waals surface area contributed by atoms with E-state index in [4.69, 9.17) is 17.2 Å². The van der Waals surface area contributed by atoms with E-state index in [1.807, 2.05) is 30.3 Å². The van der Waals surface area contributed by atoms with Crippen LogP contribution in [-0.2, 0) is 112 Å². The van der Waals surface area contributed by atoms with E-state index in [1.54, 1.807) is 127 Å². The Morgan fingerprint density at radius 2 is 0.889 bits per heavy atom. The summed E-state index contributed by atoms with van der Waals surface area (Å²) in [7, 11) is 0. The molecule has 17 amide bonds. The van der Waals surface area contributed by atoms with Crippen LogP contribution in [0, 0.1) is 23.7 Å². The van der Waals surface area contributed by atoms with Gasteiger partial charge in [0, 0.05) is 55.1 Å². The van der Waals surface area contributed by atoms with Crippen LogP contribution in [0.5, 0.6) is 5.75 Å². The zero-order valence-electron chi connectivity index (χ0n) is 76.7. The number of aromatic nitrogens is 1. The number of primary amides is 2. The Hall–Kier alpha value is -13.8. The van der Waals surface area contributed by atoms with Crippen LogP contribution in [-0.4, -0.2) is 254 Å². The van der Waals surface area contributed by atoms with Gasteiger partial charge in [0.2, 0.25) is 100 Å². The molecule has 0 bridgehead atoms. The summed E-state index contributed by atoms with van der Waals surface area (Å²) in [5.74, 6) is -22.6. The number of aliphatic hydroxyl groups is 1. The number of phenolic OH excluding ortho intramolecular Hbond substituents is 1. The summed E-state index contributed by atoms with van der Waals surface area (Å²) in [5, 5.41) is 68.3. The van der Waals surface area contributed by atoms with E-state index in [1.165, 1.54) is 43.0 Å². The third-order valence-corrected chi connectivity index (χ3v) is 23.6. The molecule has 0 spiro atoms. The number of aromatic amines is 1. The predicted molar refractivity (Wildman–Crippen MR) is 499 cm³/mol. The zero-order chi connectivity index (χ0) is 98.9. The number of phenols is 1. The highest BCUT2D eigenvalue weighted by Crippen LogP contribution is 2.26. The lowest BCUT2D eigenvalue weighted by atomic mass is 9.97. The third kappa shape index (κ3) is 33.1. The fraction of sp³-hybridized carbons (Fsp3) is 0.468. The molecule has 2 aliphatic rings. The van der Waals surface area contributed by atoms with E-state index in [2.05, 4.69) is 79.4 Å². The number of hydrogen-bond acceptors (Lipinski definition) is 22. The molecular formula is C94H125N19O21S. The average molecular weight is 1890 g/mol. The van der Waals surface area contributed by atoms with Gasteiger partial charge in [0.1, 0.15) is 90.3 Å². The SMILES string of the molecule is CC(C)C[C@@H]1NC(=O)[C@H](Cc2c[nH]c3ccccc23)NC(=O)[C@H](CC(=O)O)NC(=O)[C@H](Cc2ccc(O)cc2)NC(=O)[C@H](Cc2ccccc2)NC(=O)CSC[C@@H](C(=O)NCC(N)=O)NC(=O)C(CO)NC(=O)[C@H](C(C)C)NC(=O)[C@H](CC(C)C)NC(=O)[C@H](CC(N)=O)NC(=O)[C@H]2CCCN2C(=O)[C@H](CCCN)NC(=O)[C@H](C(C)C)NC(=O)[C@H](Cc2ccc(-c3ccccc3)cc2)NC1=O. The minimum Gasteiger partial charge on any atom is -0.508 e. The first-order chi connectivity index (χ1) is 64.2. The van der Waals surface area contributed by atoms with Crippen LogP contribution >= 0.6 is 11.8 Å². The number of carbonyl (C=O) groups is 18. The fourth-order valence-electron chi connectivity index (χ4n) is 15.5. The fourth-order valence-corrected chi connectivity index (χ4v) is 16.4. The number of carboxylic acid groups (broad SMARTS) is 1. The normalized spacial score (nSPS) is 23.5. The van der Waals surface area contributed by atoms with E-state index < -0.39 is 253 Å². The second-order valence-electron chi connectivity index (χ2n) is 35.1. The molecule has 2 fully saturated rings. The number of nitrogens with two attached hydrogens (primary N) is 3. The molecule has 5 aromatic carbocycles. The lowest BCUT2D eigenvalue weighted by molar-refractivity contribution is -0.143. The summed E-state index contributed by atoms with van der Waals surface area (Å²) < 4.78 is 0. The molecule has 728 valence electrons. The van der Waals surface area contributed by atoms with Crippen molar-refractivity contribution in [2.24, 2.45) is 40.9 Å². The second-order valence-corrected chi connectivity index (χ2v) is 36.1. The molecule has 2 aliphatic heterocycles. The minimum atomic E-state index is -2.07. The van der Waals surface area contributed by atoms with Crippen LogP contribution in [0.1, 0.15) is 129 Å². The van der Waals surface area contributed by atoms with Gasteiger partial charge in [-0.1, -0.05) is 171 Å². The van der Waals surface area contributed by atoms with E-state index in [0.29, 0.717) is 44.9 Å². The molecular weight excluding hydrogens is 1760 g/mol. The number of nitrogens with one attached hydrogen (secondary N) is 15. The first-order valence-corrected chi connectivity index (χ1v) is 46.0. The number of amides is 17. The molecule has 0 saturated carbocycles. The lowest BCUT2D eigenvalue weighted by Crippen LogP contribution is -2.62. The molecule has 135 heavy (non-hydrogen) atoms. The molecule has 24 N–H and O–H groups in total. The van der Waals surface area contributed by atoms with Gasteiger partial charge in [0.05, 0.1) is 31.7 Å². The largest absolute Gasteiger partial charge is 0.508 e. The monoisotopic (exact) mass is 1890 g/mol. The number of thioether (sulfide) groups is 1. The topological polar surface area (TPSA) is 633 Å². The predicted octanol–water partition coefficient (Wildman–Crippen LogP) is -1.06. The average Bonchev–Trinajstić information content (AvgIpc) is 1.82. The summed E-state index contributed by atoms with van der Waals surface area (Å²) >= 11 is 0.703. The molecule has 1 aromatic heterocycles. The maximum absolute atomic E-state index is 15.5. The number of H-pyrrole nitrogens is 1. The van der Waals surface area contributed by atoms with Gasteiger partial charge >= 0.3 is 5.97 Å². The number of fused-ring (bicyclic) bond motifs is 2. The highest BCUT2D eigenvalue weighted by Gasteiger charge is 2.43. The van der Waals surface area contributed by atoms with Crippen molar-refractivity contribution in [3.05, 3.63) is 162 Å². The molecule has 2 saturated heterocycles. The number of aliphatic carboxylic acids is 1. The number of aliphatic hydroxyl groups excluding tert-OH is 1. The number of hydrogen-bond donors (Lipinski definition) is 21. The van der Waals surface area contributed by atoms with Crippen LogP contribution in [0.15, 0.2) is 140 Å². The standard InChI is InChI=1S/C94H125N19O21S/c1-50(2)37-64-82(122)105-68(40-55-27-31-58(32-28-55)57-21-13-10-14-22-57)89(129)112-79(52(5)6)92(132)101-63(25-17-35-95)94(134)113-36-18-26-74(113)91(131)108-70(43-75(96)116)86(126)103-65(38-51(3)4)88(128)111-80(53(7)8)93(133)109-72(47-114)90(130)110-73(81(121)99-46-76(97)117)48-135-49-77(118)100-66(39-54-19-11-9-12-20-54)83(123)104-67(41-56-29-33-60(115)34-30-56)84(124)107-71(44-78(119)120)87(127)106-69(85(125)102-64)42-59-45-98-62-24-16-15-23-61(59)62/h9-16,19-24,27-34,45,50-53,63-74,79-80,98,114-115H,17-18,25-26,35-44,46-49,95H2,1-8H3,(H2,96,116)(H2,97,117)(H,99,121)(H,100,118)(H,101,132)(H,102,125)(H,103,126)(H,104,123)(H,105,122)(H,106,127)(H,107,124)(H,108,131)(H,109,133)(H,110,130)(H,111,128)(H,112,129)(H,119,120)/t63-,64-,65-,66-,67-,68-,69-,70-,71-,72?,73-,74+,79-,80-/m0/s1. The Morgan fingerprint density at radius 3 is 1.41 bits per heavy atom. The number of nitrogens with zero attached hydrogens (tertiary/aromatic N) is 1. The van der Waals surface area contributed by atoms with Gasteiger partial charge in [0.15, 0.2) is 0 Å². The van der Waals surface area contributed by atoms with Crippen LogP contribution in [0.3, 0.4) is 0 Å². The third-order valence-electron chi connectivity index (χ3n) is 22.6. The van der Waals surface area contributed by atoms with Gasteiger partial charge < -0.3 is 117 Å². The van der Waals surface area contributed by atoms with Crippen molar-refractivity contribution in [3.8, 4) is 16.9 Å². The van der Waals surface area contributed by atoms with Gasteiger partial charge in [0.25, 0.3) is 0 Å². The molecule has 40 nitrogen and oxygen atoms in total. The molecule has 1 unspecified atom stereocenters. The number of carbonyl (C=O) groups excluding carboxylic acids is 17. The van der Waals surface area contributed by atoms with E-state index in [0.717, 1.165) is 11.1 Å². The Bertz CT molecular complexity index is 5160. The van der Waals surface area contributed by atoms with Gasteiger partial charge in [-0.25, -0.2) is 0 Å². The van der Waals surface area contributed by atoms with Crippen molar-refractivity contribution in [1.29, 1.82) is 0 Å². The number of benzene rings is 5. The molecule has 8 rings (SSSR count). The Balaban J connectivity index is 1.20. The Morgan fingerprint density at radius 1 is 0.459 bits per heavy atom. The summed E-state index contributed by atoms with van der Waals surface area (Å²) in [4.78, 5) is 264. The quantitative estimate of drug-likeness (QED) is 0.0308. The summed E-state index contributed by atoms with van der Waals surface area (Å²) in [6.07, 6.45) is -1.72. The highest BCUT2D eigenvalue weighted by atomic mass is 32.2. The summed E-state index contributed by atoms with van der Waals surface area (Å²) in [5.41, 5.74) is 21.0. The Kier molecular flexibility index (Phi) is 41.0. The summed E-state index contributed by atoms with van der Waals surface area (Å²) in [6.45, 7) is 11.2. The maximum Gasteiger partial charge on any atom is 0.305 e. The number of carboxylic acids is 1. The van der Waals surface area contributed by atoms with Crippen LogP contribution in [0.25, 0.3) is 22.0 Å². The molecule has 0 radical (unpaired) electrons. The minimum absolute atomic E-state index is 0.000383. The molecule has 6 aromatic rings. The van der Waals surface area contributed by atoms with Crippen LogP contribution < -0.4 is 91.6 Å². The second kappa shape index (κ2) is 52.0.